The molecule has 0 saturated carbocycles. The smallest absolute Gasteiger partial charge is 0.136 e. The third-order valence-corrected chi connectivity index (χ3v) is 2.05. The minimum atomic E-state index is 0.895. The molecular weight excluding hydrogens is 174 g/mol. The summed E-state index contributed by atoms with van der Waals surface area (Å²) in [4.78, 5) is 10.1. The number of anilines is 2. The molecule has 0 amide bonds. The van der Waals surface area contributed by atoms with Crippen molar-refractivity contribution >= 4 is 11.5 Å². The predicted octanol–water partition coefficient (Wildman–Crippen LogP) is 2.24. The topological polar surface area (TPSA) is 29.0 Å². The van der Waals surface area contributed by atoms with Crippen LogP contribution in [0.25, 0.3) is 0 Å². The van der Waals surface area contributed by atoms with Gasteiger partial charge in [0.05, 0.1) is 0 Å². The first-order chi connectivity index (χ1) is 6.88. The Morgan fingerprint density at radius 1 is 1.07 bits per heavy atom. The van der Waals surface area contributed by atoms with E-state index in [-0.39, 0.29) is 0 Å². The van der Waals surface area contributed by atoms with Crippen molar-refractivity contribution in [1.29, 1.82) is 0 Å². The Kier molecular flexibility index (Phi) is 2.40. The van der Waals surface area contributed by atoms with Crippen LogP contribution >= 0.6 is 0 Å². The molecule has 0 aliphatic rings. The fourth-order valence-electron chi connectivity index (χ4n) is 1.27. The fourth-order valence-corrected chi connectivity index (χ4v) is 1.27. The van der Waals surface area contributed by atoms with E-state index in [1.807, 2.05) is 48.3 Å². The van der Waals surface area contributed by atoms with Crippen molar-refractivity contribution in [3.05, 3.63) is 48.9 Å². The average molecular weight is 185 g/mol. The molecule has 0 fully saturated rings. The zero-order chi connectivity index (χ0) is 9.80. The Morgan fingerprint density at radius 3 is 2.50 bits per heavy atom. The number of rotatable bonds is 2. The molecule has 14 heavy (non-hydrogen) atoms. The number of aromatic nitrogens is 2. The Hall–Kier alpha value is -1.90. The maximum atomic E-state index is 4.17. The van der Waals surface area contributed by atoms with Gasteiger partial charge in [-0.05, 0) is 18.2 Å². The number of nitrogens with zero attached hydrogens (tertiary/aromatic N) is 3. The first-order valence-electron chi connectivity index (χ1n) is 4.43. The zero-order valence-corrected chi connectivity index (χ0v) is 7.96. The van der Waals surface area contributed by atoms with E-state index in [9.17, 15) is 0 Å². The standard InChI is InChI=1S/C11H11N3/c1-14(10-5-3-2-4-6-10)11-7-8-12-9-13-11/h2-9H,1H3. The molecule has 3 nitrogen and oxygen atoms in total. The lowest BCUT2D eigenvalue weighted by Gasteiger charge is -2.17. The van der Waals surface area contributed by atoms with Crippen LogP contribution in [0.2, 0.25) is 0 Å². The molecule has 0 aliphatic heterocycles. The highest BCUT2D eigenvalue weighted by molar-refractivity contribution is 5.57. The van der Waals surface area contributed by atoms with Crippen LogP contribution in [-0.2, 0) is 0 Å². The Labute approximate surface area is 83.1 Å². The number of hydrogen-bond acceptors (Lipinski definition) is 3. The molecule has 0 spiro atoms. The lowest BCUT2D eigenvalue weighted by molar-refractivity contribution is 1.08. The summed E-state index contributed by atoms with van der Waals surface area (Å²) in [6.45, 7) is 0. The molecule has 1 aromatic carbocycles. The number of para-hydroxylation sites is 1. The van der Waals surface area contributed by atoms with Crippen LogP contribution in [0.5, 0.6) is 0 Å². The third-order valence-electron chi connectivity index (χ3n) is 2.05. The molecule has 0 aliphatic carbocycles. The normalized spacial score (nSPS) is 9.79. The number of hydrogen-bond donors (Lipinski definition) is 0. The van der Waals surface area contributed by atoms with Crippen molar-refractivity contribution in [1.82, 2.24) is 9.97 Å². The average Bonchev–Trinajstić information content (AvgIpc) is 2.30. The third kappa shape index (κ3) is 1.71. The highest BCUT2D eigenvalue weighted by atomic mass is 15.2. The first kappa shape index (κ1) is 8.69. The maximum absolute atomic E-state index is 4.17. The van der Waals surface area contributed by atoms with Crippen LogP contribution in [0.15, 0.2) is 48.9 Å². The molecule has 3 heteroatoms. The van der Waals surface area contributed by atoms with Gasteiger partial charge in [-0.1, -0.05) is 18.2 Å². The molecule has 0 unspecified atom stereocenters. The van der Waals surface area contributed by atoms with Gasteiger partial charge in [0.1, 0.15) is 12.1 Å². The van der Waals surface area contributed by atoms with Crippen LogP contribution in [-0.4, -0.2) is 17.0 Å². The molecule has 0 N–H and O–H groups in total. The van der Waals surface area contributed by atoms with Crippen LogP contribution in [0.1, 0.15) is 0 Å². The van der Waals surface area contributed by atoms with Gasteiger partial charge in [0.25, 0.3) is 0 Å². The molecule has 0 saturated heterocycles. The molecular formula is C11H11N3. The maximum Gasteiger partial charge on any atom is 0.136 e. The van der Waals surface area contributed by atoms with Gasteiger partial charge in [0.2, 0.25) is 0 Å². The predicted molar refractivity (Wildman–Crippen MR) is 56.5 cm³/mol. The van der Waals surface area contributed by atoms with Crippen LogP contribution < -0.4 is 4.90 Å². The molecule has 1 heterocycles. The van der Waals surface area contributed by atoms with Crippen molar-refractivity contribution in [2.45, 2.75) is 0 Å². The van der Waals surface area contributed by atoms with Gasteiger partial charge in [-0.3, -0.25) is 0 Å². The highest BCUT2D eigenvalue weighted by Gasteiger charge is 2.02. The molecule has 2 aromatic rings. The quantitative estimate of drug-likeness (QED) is 0.718. The van der Waals surface area contributed by atoms with E-state index in [0.717, 1.165) is 11.5 Å². The van der Waals surface area contributed by atoms with Gasteiger partial charge >= 0.3 is 0 Å². The van der Waals surface area contributed by atoms with Crippen LogP contribution in [0.3, 0.4) is 0 Å². The van der Waals surface area contributed by atoms with Gasteiger partial charge in [-0.15, -0.1) is 0 Å². The van der Waals surface area contributed by atoms with Gasteiger partial charge in [0, 0.05) is 18.9 Å². The van der Waals surface area contributed by atoms with E-state index in [0.29, 0.717) is 0 Å². The van der Waals surface area contributed by atoms with Crippen molar-refractivity contribution in [3.8, 4) is 0 Å². The summed E-state index contributed by atoms with van der Waals surface area (Å²) in [5.41, 5.74) is 1.12. The van der Waals surface area contributed by atoms with Crippen LogP contribution in [0, 0.1) is 0 Å². The van der Waals surface area contributed by atoms with Crippen molar-refractivity contribution in [2.75, 3.05) is 11.9 Å². The summed E-state index contributed by atoms with van der Waals surface area (Å²) in [5, 5.41) is 0. The monoisotopic (exact) mass is 185 g/mol. The fraction of sp³-hybridized carbons (Fsp3) is 0.0909. The second-order valence-electron chi connectivity index (χ2n) is 2.96. The Morgan fingerprint density at radius 2 is 1.86 bits per heavy atom. The summed E-state index contributed by atoms with van der Waals surface area (Å²) >= 11 is 0. The molecule has 70 valence electrons. The van der Waals surface area contributed by atoms with E-state index in [1.165, 1.54) is 0 Å². The lowest BCUT2D eigenvalue weighted by atomic mass is 10.3. The van der Waals surface area contributed by atoms with Crippen molar-refractivity contribution in [2.24, 2.45) is 0 Å². The SMILES string of the molecule is CN(c1ccccc1)c1ccncn1. The summed E-state index contributed by atoms with van der Waals surface area (Å²) < 4.78 is 0. The second-order valence-corrected chi connectivity index (χ2v) is 2.96. The second kappa shape index (κ2) is 3.87. The summed E-state index contributed by atoms with van der Waals surface area (Å²) in [7, 11) is 1.98. The van der Waals surface area contributed by atoms with Crippen molar-refractivity contribution < 1.29 is 0 Å². The zero-order valence-electron chi connectivity index (χ0n) is 7.96. The van der Waals surface area contributed by atoms with E-state index in [1.54, 1.807) is 12.5 Å². The highest BCUT2D eigenvalue weighted by Crippen LogP contribution is 2.19. The Balaban J connectivity index is 2.30. The van der Waals surface area contributed by atoms with Gasteiger partial charge in [-0.2, -0.15) is 0 Å². The van der Waals surface area contributed by atoms with E-state index in [4.69, 9.17) is 0 Å². The largest absolute Gasteiger partial charge is 0.329 e. The van der Waals surface area contributed by atoms with Crippen LogP contribution in [0.4, 0.5) is 11.5 Å². The molecule has 1 aromatic heterocycles. The summed E-state index contributed by atoms with van der Waals surface area (Å²) in [6.07, 6.45) is 3.29. The molecule has 0 bridgehead atoms. The van der Waals surface area contributed by atoms with Gasteiger partial charge in [-0.25, -0.2) is 9.97 Å². The van der Waals surface area contributed by atoms with E-state index >= 15 is 0 Å². The molecule has 0 atom stereocenters. The Bertz CT molecular complexity index is 346. The molecule has 0 radical (unpaired) electrons. The van der Waals surface area contributed by atoms with E-state index < -0.39 is 0 Å². The summed E-state index contributed by atoms with van der Waals surface area (Å²) in [6, 6.07) is 12.0. The van der Waals surface area contributed by atoms with E-state index in [2.05, 4.69) is 9.97 Å². The summed E-state index contributed by atoms with van der Waals surface area (Å²) in [5.74, 6) is 0.895. The molecule has 2 rings (SSSR count). The minimum absolute atomic E-state index is 0.895. The number of benzene rings is 1. The first-order valence-corrected chi connectivity index (χ1v) is 4.43. The van der Waals surface area contributed by atoms with Crippen molar-refractivity contribution in [3.63, 3.8) is 0 Å². The van der Waals surface area contributed by atoms with Gasteiger partial charge < -0.3 is 4.90 Å². The van der Waals surface area contributed by atoms with Gasteiger partial charge in [0.15, 0.2) is 0 Å². The minimum Gasteiger partial charge on any atom is -0.329 e. The lowest BCUT2D eigenvalue weighted by Crippen LogP contribution is -2.10.